The summed E-state index contributed by atoms with van der Waals surface area (Å²) in [7, 11) is 1.17. The van der Waals surface area contributed by atoms with E-state index < -0.39 is 9.73 Å². The van der Waals surface area contributed by atoms with Crippen molar-refractivity contribution in [3.05, 3.63) is 47.5 Å². The topological polar surface area (TPSA) is 54.3 Å². The van der Waals surface area contributed by atoms with E-state index in [9.17, 15) is 4.21 Å². The van der Waals surface area contributed by atoms with Gasteiger partial charge < -0.3 is 9.64 Å². The Morgan fingerprint density at radius 2 is 1.92 bits per heavy atom. The van der Waals surface area contributed by atoms with Gasteiger partial charge in [0.1, 0.15) is 11.5 Å². The van der Waals surface area contributed by atoms with Gasteiger partial charge in [0.15, 0.2) is 0 Å². The van der Waals surface area contributed by atoms with Crippen molar-refractivity contribution < 1.29 is 8.95 Å². The molecule has 0 bridgehead atoms. The standard InChI is InChI=1S/C20H27N3O2S/c1-7-23(5)14-22-19-11-16(3)20(12-15(19)2)25-17-9-8-10-18(13-17)26(6,24)21-4/h8-14H,7H2,1-6H3. The molecule has 0 fully saturated rings. The third kappa shape index (κ3) is 4.85. The number of nitrogens with zero attached hydrogens (tertiary/aromatic N) is 3. The Hall–Kier alpha value is -2.34. The van der Waals surface area contributed by atoms with Crippen LogP contribution in [0.3, 0.4) is 0 Å². The molecule has 1 unspecified atom stereocenters. The molecule has 2 aromatic rings. The molecule has 26 heavy (non-hydrogen) atoms. The summed E-state index contributed by atoms with van der Waals surface area (Å²) in [5.74, 6) is 1.41. The molecule has 0 heterocycles. The van der Waals surface area contributed by atoms with Crippen LogP contribution in [0.15, 0.2) is 50.6 Å². The van der Waals surface area contributed by atoms with E-state index in [1.807, 2.05) is 62.5 Å². The molecule has 0 saturated heterocycles. The summed E-state index contributed by atoms with van der Waals surface area (Å²) in [5.41, 5.74) is 2.94. The summed E-state index contributed by atoms with van der Waals surface area (Å²) >= 11 is 0. The second kappa shape index (κ2) is 8.36. The van der Waals surface area contributed by atoms with Gasteiger partial charge in [-0.05, 0) is 62.2 Å². The zero-order chi connectivity index (χ0) is 19.3. The first kappa shape index (κ1) is 20.0. The number of hydrogen-bond acceptors (Lipinski definition) is 4. The van der Waals surface area contributed by atoms with Crippen LogP contribution in [-0.4, -0.2) is 42.3 Å². The first-order valence-electron chi connectivity index (χ1n) is 8.50. The molecular weight excluding hydrogens is 346 g/mol. The van der Waals surface area contributed by atoms with Crippen LogP contribution in [0, 0.1) is 13.8 Å². The van der Waals surface area contributed by atoms with Crippen molar-refractivity contribution >= 4 is 21.8 Å². The van der Waals surface area contributed by atoms with E-state index in [0.29, 0.717) is 10.6 Å². The number of aliphatic imine (C=N–C) groups is 1. The minimum absolute atomic E-state index is 0.644. The Kier molecular flexibility index (Phi) is 6.42. The smallest absolute Gasteiger partial charge is 0.130 e. The lowest BCUT2D eigenvalue weighted by molar-refractivity contribution is 0.477. The largest absolute Gasteiger partial charge is 0.457 e. The predicted octanol–water partition coefficient (Wildman–Crippen LogP) is 4.79. The van der Waals surface area contributed by atoms with Crippen molar-refractivity contribution in [3.8, 4) is 11.5 Å². The van der Waals surface area contributed by atoms with Crippen LogP contribution in [0.5, 0.6) is 11.5 Å². The van der Waals surface area contributed by atoms with E-state index in [0.717, 1.165) is 29.1 Å². The van der Waals surface area contributed by atoms with Crippen molar-refractivity contribution in [2.75, 3.05) is 26.9 Å². The molecule has 6 heteroatoms. The van der Waals surface area contributed by atoms with Gasteiger partial charge in [0.05, 0.1) is 26.7 Å². The van der Waals surface area contributed by atoms with Crippen molar-refractivity contribution in [1.29, 1.82) is 0 Å². The van der Waals surface area contributed by atoms with Crippen molar-refractivity contribution in [2.24, 2.45) is 9.36 Å². The highest BCUT2D eigenvalue weighted by Crippen LogP contribution is 2.32. The van der Waals surface area contributed by atoms with Gasteiger partial charge in [0.25, 0.3) is 0 Å². The summed E-state index contributed by atoms with van der Waals surface area (Å²) in [6, 6.07) is 11.3. The first-order chi connectivity index (χ1) is 12.3. The lowest BCUT2D eigenvalue weighted by Gasteiger charge is -2.13. The fourth-order valence-electron chi connectivity index (χ4n) is 2.27. The maximum atomic E-state index is 12.4. The fourth-order valence-corrected chi connectivity index (χ4v) is 3.15. The normalized spacial score (nSPS) is 13.5. The van der Waals surface area contributed by atoms with Gasteiger partial charge in [-0.1, -0.05) is 6.07 Å². The molecule has 2 rings (SSSR count). The molecule has 0 radical (unpaired) electrons. The fraction of sp³-hybridized carbons (Fsp3) is 0.350. The van der Waals surface area contributed by atoms with Gasteiger partial charge in [0, 0.05) is 26.9 Å². The number of rotatable bonds is 6. The van der Waals surface area contributed by atoms with Gasteiger partial charge in [-0.25, -0.2) is 13.6 Å². The summed E-state index contributed by atoms with van der Waals surface area (Å²) < 4.78 is 22.5. The van der Waals surface area contributed by atoms with Gasteiger partial charge >= 0.3 is 0 Å². The van der Waals surface area contributed by atoms with Gasteiger partial charge in [-0.3, -0.25) is 0 Å². The van der Waals surface area contributed by atoms with Crippen LogP contribution in [0.4, 0.5) is 5.69 Å². The molecule has 5 nitrogen and oxygen atoms in total. The first-order valence-corrected chi connectivity index (χ1v) is 10.4. The van der Waals surface area contributed by atoms with Crippen LogP contribution < -0.4 is 4.74 Å². The maximum Gasteiger partial charge on any atom is 0.130 e. The van der Waals surface area contributed by atoms with Crippen molar-refractivity contribution in [2.45, 2.75) is 25.7 Å². The molecular formula is C20H27N3O2S. The maximum absolute atomic E-state index is 12.4. The van der Waals surface area contributed by atoms with Gasteiger partial charge in [-0.15, -0.1) is 0 Å². The zero-order valence-electron chi connectivity index (χ0n) is 16.3. The quantitative estimate of drug-likeness (QED) is 0.540. The highest BCUT2D eigenvalue weighted by Gasteiger charge is 2.09. The number of benzene rings is 2. The van der Waals surface area contributed by atoms with E-state index in [1.54, 1.807) is 19.4 Å². The Balaban J connectivity index is 2.31. The summed E-state index contributed by atoms with van der Waals surface area (Å²) in [5, 5.41) is 0. The minimum atomic E-state index is -2.38. The summed E-state index contributed by atoms with van der Waals surface area (Å²) in [4.78, 5) is 7.22. The van der Waals surface area contributed by atoms with Crippen LogP contribution in [0.2, 0.25) is 0 Å². The van der Waals surface area contributed by atoms with Crippen LogP contribution >= 0.6 is 0 Å². The average molecular weight is 374 g/mol. The van der Waals surface area contributed by atoms with Crippen LogP contribution in [-0.2, 0) is 9.73 Å². The summed E-state index contributed by atoms with van der Waals surface area (Å²) in [6.45, 7) is 6.99. The number of ether oxygens (including phenoxy) is 1. The Labute approximate surface area is 156 Å². The Morgan fingerprint density at radius 1 is 1.19 bits per heavy atom. The minimum Gasteiger partial charge on any atom is -0.457 e. The second-order valence-electron chi connectivity index (χ2n) is 6.28. The zero-order valence-corrected chi connectivity index (χ0v) is 17.1. The third-order valence-corrected chi connectivity index (χ3v) is 6.03. The average Bonchev–Trinajstić information content (AvgIpc) is 2.63. The predicted molar refractivity (Wildman–Crippen MR) is 110 cm³/mol. The van der Waals surface area contributed by atoms with E-state index in [2.05, 4.69) is 16.3 Å². The van der Waals surface area contributed by atoms with Gasteiger partial charge in [0.2, 0.25) is 0 Å². The summed E-state index contributed by atoms with van der Waals surface area (Å²) in [6.07, 6.45) is 3.46. The van der Waals surface area contributed by atoms with E-state index >= 15 is 0 Å². The van der Waals surface area contributed by atoms with E-state index in [-0.39, 0.29) is 0 Å². The molecule has 2 aromatic carbocycles. The lowest BCUT2D eigenvalue weighted by Crippen LogP contribution is -2.14. The SMILES string of the molecule is CCN(C)C=Nc1cc(C)c(Oc2cccc(S(C)(=O)=NC)c2)cc1C. The van der Waals surface area contributed by atoms with E-state index in [4.69, 9.17) is 4.74 Å². The molecule has 0 aliphatic heterocycles. The Morgan fingerprint density at radius 3 is 2.58 bits per heavy atom. The monoisotopic (exact) mass is 373 g/mol. The third-order valence-electron chi connectivity index (χ3n) is 4.21. The lowest BCUT2D eigenvalue weighted by atomic mass is 10.1. The molecule has 0 saturated carbocycles. The van der Waals surface area contributed by atoms with Crippen LogP contribution in [0.25, 0.3) is 0 Å². The molecule has 0 spiro atoms. The van der Waals surface area contributed by atoms with Gasteiger partial charge in [-0.2, -0.15) is 0 Å². The number of aryl methyl sites for hydroxylation is 2. The second-order valence-corrected chi connectivity index (χ2v) is 8.73. The van der Waals surface area contributed by atoms with Crippen molar-refractivity contribution in [1.82, 2.24) is 4.90 Å². The molecule has 140 valence electrons. The highest BCUT2D eigenvalue weighted by atomic mass is 32.2. The van der Waals surface area contributed by atoms with Crippen molar-refractivity contribution in [3.63, 3.8) is 0 Å². The molecule has 1 atom stereocenters. The molecule has 0 aliphatic carbocycles. The molecule has 0 aliphatic rings. The molecule has 0 amide bonds. The van der Waals surface area contributed by atoms with Crippen LogP contribution in [0.1, 0.15) is 18.1 Å². The Bertz CT molecular complexity index is 929. The molecule has 0 N–H and O–H groups in total. The number of hydrogen-bond donors (Lipinski definition) is 0. The van der Waals surface area contributed by atoms with E-state index in [1.165, 1.54) is 0 Å². The molecule has 0 aromatic heterocycles. The highest BCUT2D eigenvalue weighted by molar-refractivity contribution is 7.93.